The number of nitrogens with one attached hydrogen (secondary N) is 1. The maximum atomic E-state index is 12.4. The highest BCUT2D eigenvalue weighted by Crippen LogP contribution is 2.25. The van der Waals surface area contributed by atoms with Gasteiger partial charge in [-0.15, -0.1) is 0 Å². The van der Waals surface area contributed by atoms with Crippen molar-refractivity contribution in [2.24, 2.45) is 0 Å². The Labute approximate surface area is 155 Å². The highest BCUT2D eigenvalue weighted by atomic mass is 16.3. The number of phenolic OH excluding ortho intramolecular Hbond substituents is 1. The van der Waals surface area contributed by atoms with Crippen molar-refractivity contribution >= 4 is 5.91 Å². The molecule has 1 amide bonds. The molecular formula is C22H28N2O2. The highest BCUT2D eigenvalue weighted by Gasteiger charge is 2.23. The molecule has 0 aromatic heterocycles. The summed E-state index contributed by atoms with van der Waals surface area (Å²) in [6.45, 7) is 6.72. The minimum atomic E-state index is -0.00967. The molecule has 2 aromatic rings. The fourth-order valence-electron chi connectivity index (χ4n) is 3.52. The van der Waals surface area contributed by atoms with Gasteiger partial charge in [0.2, 0.25) is 5.91 Å². The van der Waals surface area contributed by atoms with E-state index in [2.05, 4.69) is 41.4 Å². The van der Waals surface area contributed by atoms with Crippen LogP contribution in [0.2, 0.25) is 0 Å². The number of amides is 1. The van der Waals surface area contributed by atoms with Gasteiger partial charge in [-0.05, 0) is 62.5 Å². The fourth-order valence-corrected chi connectivity index (χ4v) is 3.52. The van der Waals surface area contributed by atoms with Crippen LogP contribution >= 0.6 is 0 Å². The Morgan fingerprint density at radius 2 is 1.81 bits per heavy atom. The third-order valence-corrected chi connectivity index (χ3v) is 5.17. The van der Waals surface area contributed by atoms with E-state index in [-0.39, 0.29) is 24.1 Å². The summed E-state index contributed by atoms with van der Waals surface area (Å²) in [5, 5.41) is 12.9. The number of nitrogens with zero attached hydrogens (tertiary/aromatic N) is 1. The van der Waals surface area contributed by atoms with E-state index in [4.69, 9.17) is 0 Å². The van der Waals surface area contributed by atoms with Crippen molar-refractivity contribution < 1.29 is 9.90 Å². The van der Waals surface area contributed by atoms with Gasteiger partial charge in [0.25, 0.3) is 0 Å². The number of likely N-dealkylation sites (tertiary alicyclic amines) is 1. The molecule has 0 spiro atoms. The zero-order valence-corrected chi connectivity index (χ0v) is 15.7. The van der Waals surface area contributed by atoms with Crippen LogP contribution < -0.4 is 5.32 Å². The topological polar surface area (TPSA) is 52.6 Å². The first-order valence-electron chi connectivity index (χ1n) is 9.39. The molecule has 138 valence electrons. The van der Waals surface area contributed by atoms with Gasteiger partial charge in [0.1, 0.15) is 5.75 Å². The maximum absolute atomic E-state index is 12.4. The van der Waals surface area contributed by atoms with Gasteiger partial charge in [-0.2, -0.15) is 0 Å². The molecule has 1 aliphatic rings. The van der Waals surface area contributed by atoms with E-state index in [1.807, 2.05) is 19.1 Å². The SMILES string of the molecule is Cc1ccc(C(CNC(=O)Cc2ccc(C)c(O)c2)N2CCCC2)cc1. The quantitative estimate of drug-likeness (QED) is 0.836. The van der Waals surface area contributed by atoms with Crippen LogP contribution in [0, 0.1) is 13.8 Å². The molecule has 26 heavy (non-hydrogen) atoms. The number of phenols is 1. The van der Waals surface area contributed by atoms with Crippen molar-refractivity contribution in [2.75, 3.05) is 19.6 Å². The van der Waals surface area contributed by atoms with E-state index in [1.165, 1.54) is 24.0 Å². The number of aryl methyl sites for hydroxylation is 2. The lowest BCUT2D eigenvalue weighted by Crippen LogP contribution is -2.37. The maximum Gasteiger partial charge on any atom is 0.224 e. The van der Waals surface area contributed by atoms with Crippen LogP contribution in [0.3, 0.4) is 0 Å². The molecule has 1 saturated heterocycles. The van der Waals surface area contributed by atoms with E-state index in [9.17, 15) is 9.90 Å². The number of rotatable bonds is 6. The summed E-state index contributed by atoms with van der Waals surface area (Å²) in [6.07, 6.45) is 2.73. The van der Waals surface area contributed by atoms with Gasteiger partial charge in [-0.3, -0.25) is 9.69 Å². The van der Waals surface area contributed by atoms with Gasteiger partial charge in [0, 0.05) is 6.54 Å². The van der Waals surface area contributed by atoms with E-state index >= 15 is 0 Å². The molecule has 0 radical (unpaired) electrons. The monoisotopic (exact) mass is 352 g/mol. The average molecular weight is 352 g/mol. The Morgan fingerprint density at radius 3 is 2.46 bits per heavy atom. The molecule has 1 heterocycles. The van der Waals surface area contributed by atoms with Crippen molar-refractivity contribution in [2.45, 2.75) is 39.2 Å². The fraction of sp³-hybridized carbons (Fsp3) is 0.409. The summed E-state index contributed by atoms with van der Waals surface area (Å²) in [5.74, 6) is 0.231. The Morgan fingerprint density at radius 1 is 1.12 bits per heavy atom. The number of hydrogen-bond acceptors (Lipinski definition) is 3. The molecule has 1 aliphatic heterocycles. The van der Waals surface area contributed by atoms with Gasteiger partial charge in [0.05, 0.1) is 12.5 Å². The minimum Gasteiger partial charge on any atom is -0.508 e. The molecule has 2 aromatic carbocycles. The van der Waals surface area contributed by atoms with Crippen molar-refractivity contribution in [1.29, 1.82) is 0 Å². The standard InChI is InChI=1S/C22H28N2O2/c1-16-5-9-19(10-6-16)20(24-11-3-4-12-24)15-23-22(26)14-18-8-7-17(2)21(25)13-18/h5-10,13,20,25H,3-4,11-12,14-15H2,1-2H3,(H,23,26). The van der Waals surface area contributed by atoms with Crippen molar-refractivity contribution in [3.63, 3.8) is 0 Å². The second-order valence-corrected chi connectivity index (χ2v) is 7.27. The average Bonchev–Trinajstić information content (AvgIpc) is 3.14. The summed E-state index contributed by atoms with van der Waals surface area (Å²) in [5.41, 5.74) is 4.16. The molecule has 1 unspecified atom stereocenters. The van der Waals surface area contributed by atoms with Crippen molar-refractivity contribution in [3.8, 4) is 5.75 Å². The molecule has 3 rings (SSSR count). The van der Waals surface area contributed by atoms with Crippen LogP contribution in [0.25, 0.3) is 0 Å². The van der Waals surface area contributed by atoms with Crippen LogP contribution in [0.15, 0.2) is 42.5 Å². The summed E-state index contributed by atoms with van der Waals surface area (Å²) < 4.78 is 0. The minimum absolute atomic E-state index is 0.00967. The van der Waals surface area contributed by atoms with Gasteiger partial charge >= 0.3 is 0 Å². The molecule has 0 bridgehead atoms. The molecule has 0 aliphatic carbocycles. The largest absolute Gasteiger partial charge is 0.508 e. The van der Waals surface area contributed by atoms with Crippen LogP contribution in [-0.4, -0.2) is 35.5 Å². The second-order valence-electron chi connectivity index (χ2n) is 7.27. The Balaban J connectivity index is 1.64. The Kier molecular flexibility index (Phi) is 5.94. The first kappa shape index (κ1) is 18.5. The predicted molar refractivity (Wildman–Crippen MR) is 104 cm³/mol. The summed E-state index contributed by atoms with van der Waals surface area (Å²) in [4.78, 5) is 14.9. The van der Waals surface area contributed by atoms with Crippen LogP contribution in [0.5, 0.6) is 5.75 Å². The number of benzene rings is 2. The zero-order valence-electron chi connectivity index (χ0n) is 15.7. The summed E-state index contributed by atoms with van der Waals surface area (Å²) >= 11 is 0. The third kappa shape index (κ3) is 4.64. The summed E-state index contributed by atoms with van der Waals surface area (Å²) in [7, 11) is 0. The van der Waals surface area contributed by atoms with E-state index in [0.717, 1.165) is 24.2 Å². The van der Waals surface area contributed by atoms with E-state index in [1.54, 1.807) is 6.07 Å². The molecule has 4 nitrogen and oxygen atoms in total. The second kappa shape index (κ2) is 8.37. The number of carbonyl (C=O) groups is 1. The molecule has 2 N–H and O–H groups in total. The van der Waals surface area contributed by atoms with Crippen LogP contribution in [0.4, 0.5) is 0 Å². The predicted octanol–water partition coefficient (Wildman–Crippen LogP) is 3.50. The smallest absolute Gasteiger partial charge is 0.224 e. The van der Waals surface area contributed by atoms with Crippen LogP contribution in [0.1, 0.15) is 41.1 Å². The molecular weight excluding hydrogens is 324 g/mol. The van der Waals surface area contributed by atoms with Crippen molar-refractivity contribution in [1.82, 2.24) is 10.2 Å². The Hall–Kier alpha value is -2.33. The molecule has 1 atom stereocenters. The number of carbonyl (C=O) groups excluding carboxylic acids is 1. The Bertz CT molecular complexity index is 749. The zero-order chi connectivity index (χ0) is 18.5. The van der Waals surface area contributed by atoms with E-state index in [0.29, 0.717) is 6.54 Å². The number of hydrogen-bond donors (Lipinski definition) is 2. The van der Waals surface area contributed by atoms with E-state index < -0.39 is 0 Å². The normalized spacial score (nSPS) is 15.8. The van der Waals surface area contributed by atoms with Crippen LogP contribution in [-0.2, 0) is 11.2 Å². The number of aromatic hydroxyl groups is 1. The van der Waals surface area contributed by atoms with Gasteiger partial charge in [0.15, 0.2) is 0 Å². The third-order valence-electron chi connectivity index (χ3n) is 5.17. The molecule has 4 heteroatoms. The van der Waals surface area contributed by atoms with Gasteiger partial charge in [-0.1, -0.05) is 42.0 Å². The first-order valence-corrected chi connectivity index (χ1v) is 9.39. The van der Waals surface area contributed by atoms with Crippen molar-refractivity contribution in [3.05, 3.63) is 64.7 Å². The molecule has 1 fully saturated rings. The lowest BCUT2D eigenvalue weighted by molar-refractivity contribution is -0.120. The van der Waals surface area contributed by atoms with Gasteiger partial charge < -0.3 is 10.4 Å². The lowest BCUT2D eigenvalue weighted by atomic mass is 10.0. The molecule has 0 saturated carbocycles. The first-order chi connectivity index (χ1) is 12.5. The van der Waals surface area contributed by atoms with Gasteiger partial charge in [-0.25, -0.2) is 0 Å². The lowest BCUT2D eigenvalue weighted by Gasteiger charge is -2.28. The highest BCUT2D eigenvalue weighted by molar-refractivity contribution is 5.78. The summed E-state index contributed by atoms with van der Waals surface area (Å²) in [6, 6.07) is 14.2.